The van der Waals surface area contributed by atoms with Crippen LogP contribution < -0.4 is 10.1 Å². The predicted molar refractivity (Wildman–Crippen MR) is 72.8 cm³/mol. The van der Waals surface area contributed by atoms with Gasteiger partial charge in [0.05, 0.1) is 12.8 Å². The lowest BCUT2D eigenvalue weighted by atomic mass is 10.2. The second-order valence-electron chi connectivity index (χ2n) is 4.67. The highest BCUT2D eigenvalue weighted by atomic mass is 16.5. The molecule has 18 heavy (non-hydrogen) atoms. The molecule has 0 aromatic carbocycles. The molecule has 0 saturated carbocycles. The highest BCUT2D eigenvalue weighted by Gasteiger charge is 1.97. The first-order valence-electron chi connectivity index (χ1n) is 6.50. The van der Waals surface area contributed by atoms with Gasteiger partial charge in [0.1, 0.15) is 0 Å². The lowest BCUT2D eigenvalue weighted by Crippen LogP contribution is -2.17. The number of hydrogen-bond acceptors (Lipinski definition) is 4. The number of rotatable bonds is 9. The van der Waals surface area contributed by atoms with Crippen LogP contribution in [0.3, 0.4) is 0 Å². The van der Waals surface area contributed by atoms with Crippen LogP contribution in [0.25, 0.3) is 0 Å². The number of nitrogens with one attached hydrogen (secondary N) is 1. The van der Waals surface area contributed by atoms with Gasteiger partial charge < -0.3 is 14.8 Å². The molecule has 102 valence electrons. The summed E-state index contributed by atoms with van der Waals surface area (Å²) >= 11 is 0. The summed E-state index contributed by atoms with van der Waals surface area (Å²) in [7, 11) is 1.63. The average molecular weight is 252 g/mol. The fraction of sp³-hybridized carbons (Fsp3) is 0.643. The lowest BCUT2D eigenvalue weighted by molar-refractivity contribution is 0.108. The van der Waals surface area contributed by atoms with Crippen molar-refractivity contribution < 1.29 is 9.47 Å². The first-order chi connectivity index (χ1) is 8.72. The van der Waals surface area contributed by atoms with Crippen molar-refractivity contribution in [3.63, 3.8) is 0 Å². The van der Waals surface area contributed by atoms with Gasteiger partial charge in [0.25, 0.3) is 0 Å². The van der Waals surface area contributed by atoms with Gasteiger partial charge in [0.2, 0.25) is 5.88 Å². The third-order valence-electron chi connectivity index (χ3n) is 2.39. The molecule has 0 aliphatic rings. The Morgan fingerprint density at radius 1 is 1.33 bits per heavy atom. The third kappa shape index (κ3) is 6.57. The lowest BCUT2D eigenvalue weighted by Gasteiger charge is -2.08. The number of hydrogen-bond donors (Lipinski definition) is 1. The molecule has 4 heteroatoms. The summed E-state index contributed by atoms with van der Waals surface area (Å²) in [6.45, 7) is 7.69. The Morgan fingerprint density at radius 2 is 2.17 bits per heavy atom. The predicted octanol–water partition coefficient (Wildman–Crippen LogP) is 2.24. The zero-order chi connectivity index (χ0) is 13.2. The summed E-state index contributed by atoms with van der Waals surface area (Å²) in [4.78, 5) is 4.33. The molecule has 0 spiro atoms. The topological polar surface area (TPSA) is 43.4 Å². The molecule has 0 bridgehead atoms. The van der Waals surface area contributed by atoms with E-state index < -0.39 is 0 Å². The summed E-state index contributed by atoms with van der Waals surface area (Å²) in [5.74, 6) is 1.27. The minimum absolute atomic E-state index is 0.610. The Balaban J connectivity index is 2.06. The fourth-order valence-electron chi connectivity index (χ4n) is 1.50. The Kier molecular flexibility index (Phi) is 7.37. The van der Waals surface area contributed by atoms with Gasteiger partial charge >= 0.3 is 0 Å². The van der Waals surface area contributed by atoms with Gasteiger partial charge in [-0.05, 0) is 24.9 Å². The fourth-order valence-corrected chi connectivity index (χ4v) is 1.50. The summed E-state index contributed by atoms with van der Waals surface area (Å²) in [6.07, 6.45) is 1.02. The van der Waals surface area contributed by atoms with E-state index in [1.165, 1.54) is 0 Å². The van der Waals surface area contributed by atoms with Crippen molar-refractivity contribution in [2.24, 2.45) is 5.92 Å². The Hall–Kier alpha value is -1.13. The van der Waals surface area contributed by atoms with E-state index in [4.69, 9.17) is 9.47 Å². The molecule has 1 N–H and O–H groups in total. The van der Waals surface area contributed by atoms with E-state index in [2.05, 4.69) is 24.1 Å². The Labute approximate surface area is 110 Å². The van der Waals surface area contributed by atoms with Gasteiger partial charge in [-0.2, -0.15) is 0 Å². The van der Waals surface area contributed by atoms with E-state index >= 15 is 0 Å². The van der Waals surface area contributed by atoms with Crippen LogP contribution in [-0.2, 0) is 11.3 Å². The maximum atomic E-state index is 5.51. The van der Waals surface area contributed by atoms with Crippen LogP contribution in [0, 0.1) is 5.92 Å². The first kappa shape index (κ1) is 14.9. The van der Waals surface area contributed by atoms with Crippen LogP contribution in [0.1, 0.15) is 26.0 Å². The van der Waals surface area contributed by atoms with Crippen LogP contribution in [0.15, 0.2) is 18.2 Å². The molecule has 0 radical (unpaired) electrons. The molecule has 0 fully saturated rings. The maximum absolute atomic E-state index is 5.51. The minimum atomic E-state index is 0.610. The van der Waals surface area contributed by atoms with Crippen molar-refractivity contribution in [2.75, 3.05) is 26.9 Å². The normalized spacial score (nSPS) is 10.9. The standard InChI is InChI=1S/C14H24N2O2/c1-12(2)11-18-9-5-8-15-10-13-6-4-7-14(16-13)17-3/h4,6-7,12,15H,5,8-11H2,1-3H3. The maximum Gasteiger partial charge on any atom is 0.213 e. The summed E-state index contributed by atoms with van der Waals surface area (Å²) in [5.41, 5.74) is 0.998. The number of methoxy groups -OCH3 is 1. The molecular weight excluding hydrogens is 228 g/mol. The van der Waals surface area contributed by atoms with E-state index in [9.17, 15) is 0 Å². The quantitative estimate of drug-likeness (QED) is 0.685. The number of aromatic nitrogens is 1. The van der Waals surface area contributed by atoms with Crippen LogP contribution >= 0.6 is 0 Å². The molecule has 1 rings (SSSR count). The van der Waals surface area contributed by atoms with E-state index in [1.807, 2.05) is 18.2 Å². The summed E-state index contributed by atoms with van der Waals surface area (Å²) in [5, 5.41) is 3.34. The first-order valence-corrected chi connectivity index (χ1v) is 6.50. The van der Waals surface area contributed by atoms with Crippen molar-refractivity contribution >= 4 is 0 Å². The minimum Gasteiger partial charge on any atom is -0.481 e. The highest BCUT2D eigenvalue weighted by molar-refractivity contribution is 5.15. The number of nitrogens with zero attached hydrogens (tertiary/aromatic N) is 1. The van der Waals surface area contributed by atoms with Gasteiger partial charge in [0, 0.05) is 25.8 Å². The molecule has 0 aliphatic carbocycles. The zero-order valence-corrected chi connectivity index (χ0v) is 11.6. The molecule has 0 unspecified atom stereocenters. The molecule has 4 nitrogen and oxygen atoms in total. The summed E-state index contributed by atoms with van der Waals surface area (Å²) in [6, 6.07) is 5.79. The molecule has 1 heterocycles. The third-order valence-corrected chi connectivity index (χ3v) is 2.39. The summed E-state index contributed by atoms with van der Waals surface area (Å²) < 4.78 is 10.6. The van der Waals surface area contributed by atoms with Crippen molar-refractivity contribution in [1.82, 2.24) is 10.3 Å². The number of ether oxygens (including phenoxy) is 2. The van der Waals surface area contributed by atoms with Crippen molar-refractivity contribution in [3.8, 4) is 5.88 Å². The highest BCUT2D eigenvalue weighted by Crippen LogP contribution is 2.05. The van der Waals surface area contributed by atoms with Gasteiger partial charge in [-0.1, -0.05) is 19.9 Å². The zero-order valence-electron chi connectivity index (χ0n) is 11.6. The average Bonchev–Trinajstić information content (AvgIpc) is 2.37. The molecule has 0 saturated heterocycles. The van der Waals surface area contributed by atoms with Crippen LogP contribution in [0.2, 0.25) is 0 Å². The van der Waals surface area contributed by atoms with Crippen LogP contribution in [0.5, 0.6) is 5.88 Å². The van der Waals surface area contributed by atoms with Crippen LogP contribution in [-0.4, -0.2) is 31.9 Å². The Morgan fingerprint density at radius 3 is 2.89 bits per heavy atom. The van der Waals surface area contributed by atoms with Gasteiger partial charge in [-0.15, -0.1) is 0 Å². The van der Waals surface area contributed by atoms with Gasteiger partial charge in [-0.3, -0.25) is 0 Å². The number of pyridine rings is 1. The van der Waals surface area contributed by atoms with Crippen molar-refractivity contribution in [3.05, 3.63) is 23.9 Å². The van der Waals surface area contributed by atoms with E-state index in [0.29, 0.717) is 11.8 Å². The molecule has 1 aromatic heterocycles. The molecule has 0 amide bonds. The molecule has 1 aromatic rings. The van der Waals surface area contributed by atoms with Crippen LogP contribution in [0.4, 0.5) is 0 Å². The van der Waals surface area contributed by atoms with Crippen molar-refractivity contribution in [2.45, 2.75) is 26.8 Å². The second kappa shape index (κ2) is 8.89. The van der Waals surface area contributed by atoms with Gasteiger partial charge in [0.15, 0.2) is 0 Å². The molecular formula is C14H24N2O2. The smallest absolute Gasteiger partial charge is 0.213 e. The van der Waals surface area contributed by atoms with E-state index in [0.717, 1.165) is 38.4 Å². The van der Waals surface area contributed by atoms with Gasteiger partial charge in [-0.25, -0.2) is 4.98 Å². The van der Waals surface area contributed by atoms with E-state index in [-0.39, 0.29) is 0 Å². The monoisotopic (exact) mass is 252 g/mol. The largest absolute Gasteiger partial charge is 0.481 e. The molecule has 0 aliphatic heterocycles. The second-order valence-corrected chi connectivity index (χ2v) is 4.67. The molecule has 0 atom stereocenters. The Bertz CT molecular complexity index is 329. The van der Waals surface area contributed by atoms with Crippen molar-refractivity contribution in [1.29, 1.82) is 0 Å². The van der Waals surface area contributed by atoms with E-state index in [1.54, 1.807) is 7.11 Å². The SMILES string of the molecule is COc1cccc(CNCCCOCC(C)C)n1.